The average molecular weight is 412 g/mol. The standard InChI is InChI=1S/C21H33NO3S2/c1-4-6-7-9-16-19(21(23)25-5-2)22-18-11-10-15(24-3)14-17(18)20(16)27-13-8-12-26/h10-11,14,16,19-20,22,26H,4-9,12-13H2,1-3H3/t16?,19-,20+/m0/s1. The van der Waals surface area contributed by atoms with Gasteiger partial charge in [0.05, 0.1) is 13.7 Å². The van der Waals surface area contributed by atoms with Gasteiger partial charge in [0.15, 0.2) is 0 Å². The van der Waals surface area contributed by atoms with Crippen LogP contribution in [-0.4, -0.2) is 37.2 Å². The van der Waals surface area contributed by atoms with Crippen LogP contribution in [0.2, 0.25) is 0 Å². The van der Waals surface area contributed by atoms with Crippen LogP contribution in [0.25, 0.3) is 0 Å². The normalized spacial score (nSPS) is 21.3. The molecular formula is C21H33NO3S2. The van der Waals surface area contributed by atoms with Crippen molar-refractivity contribution in [1.29, 1.82) is 0 Å². The van der Waals surface area contributed by atoms with E-state index in [0.717, 1.165) is 42.2 Å². The fourth-order valence-electron chi connectivity index (χ4n) is 3.62. The van der Waals surface area contributed by atoms with Gasteiger partial charge in [-0.1, -0.05) is 26.2 Å². The van der Waals surface area contributed by atoms with Gasteiger partial charge in [0.1, 0.15) is 11.8 Å². The van der Waals surface area contributed by atoms with Gasteiger partial charge in [0.25, 0.3) is 0 Å². The Morgan fingerprint density at radius 3 is 2.74 bits per heavy atom. The highest BCUT2D eigenvalue weighted by Crippen LogP contribution is 2.48. The number of carbonyl (C=O) groups is 1. The second-order valence-corrected chi connectivity index (χ2v) is 8.55. The van der Waals surface area contributed by atoms with E-state index in [1.54, 1.807) is 7.11 Å². The van der Waals surface area contributed by atoms with Gasteiger partial charge in [-0.3, -0.25) is 0 Å². The summed E-state index contributed by atoms with van der Waals surface area (Å²) in [5.41, 5.74) is 2.25. The summed E-state index contributed by atoms with van der Waals surface area (Å²) < 4.78 is 10.9. The Morgan fingerprint density at radius 1 is 1.26 bits per heavy atom. The van der Waals surface area contributed by atoms with Gasteiger partial charge < -0.3 is 14.8 Å². The largest absolute Gasteiger partial charge is 0.497 e. The van der Waals surface area contributed by atoms with E-state index in [2.05, 4.69) is 30.9 Å². The molecule has 1 aliphatic heterocycles. The number of anilines is 1. The maximum Gasteiger partial charge on any atom is 0.328 e. The number of benzene rings is 1. The summed E-state index contributed by atoms with van der Waals surface area (Å²) in [6.07, 6.45) is 5.56. The molecule has 3 atom stereocenters. The minimum atomic E-state index is -0.295. The molecule has 0 fully saturated rings. The van der Waals surface area contributed by atoms with Crippen molar-refractivity contribution in [3.8, 4) is 5.75 Å². The molecule has 0 radical (unpaired) electrons. The first-order valence-electron chi connectivity index (χ1n) is 9.99. The topological polar surface area (TPSA) is 47.6 Å². The zero-order valence-corrected chi connectivity index (χ0v) is 18.4. The van der Waals surface area contributed by atoms with Gasteiger partial charge >= 0.3 is 5.97 Å². The van der Waals surface area contributed by atoms with Gasteiger partial charge in [0.2, 0.25) is 0 Å². The number of fused-ring (bicyclic) bond motifs is 1. The SMILES string of the molecule is CCCCCC1[C@@H](C(=O)OCC)Nc2ccc(OC)cc2[C@@H]1SCCCS. The summed E-state index contributed by atoms with van der Waals surface area (Å²) in [4.78, 5) is 12.7. The highest BCUT2D eigenvalue weighted by atomic mass is 32.2. The smallest absolute Gasteiger partial charge is 0.328 e. The summed E-state index contributed by atoms with van der Waals surface area (Å²) in [6.45, 7) is 4.48. The predicted octanol–water partition coefficient (Wildman–Crippen LogP) is 5.34. The van der Waals surface area contributed by atoms with E-state index in [1.807, 2.05) is 30.8 Å². The van der Waals surface area contributed by atoms with E-state index >= 15 is 0 Å². The molecule has 1 aromatic carbocycles. The monoisotopic (exact) mass is 411 g/mol. The Balaban J connectivity index is 2.36. The first-order valence-corrected chi connectivity index (χ1v) is 11.7. The van der Waals surface area contributed by atoms with Crippen molar-refractivity contribution in [2.45, 2.75) is 57.2 Å². The highest BCUT2D eigenvalue weighted by Gasteiger charge is 2.41. The van der Waals surface area contributed by atoms with Crippen LogP contribution in [0, 0.1) is 5.92 Å². The van der Waals surface area contributed by atoms with Gasteiger partial charge in [-0.25, -0.2) is 4.79 Å². The summed E-state index contributed by atoms with van der Waals surface area (Å²) in [7, 11) is 1.70. The molecule has 4 nitrogen and oxygen atoms in total. The van der Waals surface area contributed by atoms with Crippen LogP contribution in [0.15, 0.2) is 18.2 Å². The van der Waals surface area contributed by atoms with Gasteiger partial charge in [-0.15, -0.1) is 0 Å². The number of carbonyl (C=O) groups excluding carboxylic acids is 1. The van der Waals surface area contributed by atoms with Crippen molar-refractivity contribution < 1.29 is 14.3 Å². The minimum absolute atomic E-state index is 0.139. The number of hydrogen-bond acceptors (Lipinski definition) is 6. The van der Waals surface area contributed by atoms with Crippen LogP contribution in [0.1, 0.15) is 56.8 Å². The molecule has 1 aliphatic rings. The lowest BCUT2D eigenvalue weighted by Crippen LogP contribution is -2.44. The first-order chi connectivity index (χ1) is 13.2. The summed E-state index contributed by atoms with van der Waals surface area (Å²) >= 11 is 6.29. The van der Waals surface area contributed by atoms with Crippen LogP contribution in [-0.2, 0) is 9.53 Å². The number of thioether (sulfide) groups is 1. The fourth-order valence-corrected chi connectivity index (χ4v) is 5.47. The molecule has 0 aromatic heterocycles. The number of hydrogen-bond donors (Lipinski definition) is 2. The van der Waals surface area contributed by atoms with Gasteiger partial charge in [-0.05, 0) is 55.0 Å². The van der Waals surface area contributed by atoms with Crippen LogP contribution < -0.4 is 10.1 Å². The molecule has 152 valence electrons. The first kappa shape index (κ1) is 22.3. The molecule has 27 heavy (non-hydrogen) atoms. The second kappa shape index (κ2) is 11.7. The summed E-state index contributed by atoms with van der Waals surface area (Å²) in [5, 5.41) is 3.72. The van der Waals surface area contributed by atoms with E-state index < -0.39 is 0 Å². The van der Waals surface area contributed by atoms with E-state index in [-0.39, 0.29) is 23.2 Å². The third kappa shape index (κ3) is 5.98. The number of rotatable bonds is 11. The second-order valence-electron chi connectivity index (χ2n) is 6.86. The van der Waals surface area contributed by atoms with Crippen LogP contribution >= 0.6 is 24.4 Å². The van der Waals surface area contributed by atoms with Crippen molar-refractivity contribution in [2.24, 2.45) is 5.92 Å². The van der Waals surface area contributed by atoms with E-state index in [9.17, 15) is 4.79 Å². The van der Waals surface area contributed by atoms with Crippen molar-refractivity contribution in [3.63, 3.8) is 0 Å². The molecule has 1 aromatic rings. The molecule has 0 spiro atoms. The lowest BCUT2D eigenvalue weighted by atomic mass is 9.83. The number of nitrogens with one attached hydrogen (secondary N) is 1. The Kier molecular flexibility index (Phi) is 9.69. The molecule has 1 heterocycles. The van der Waals surface area contributed by atoms with E-state index in [0.29, 0.717) is 6.61 Å². The molecule has 0 amide bonds. The molecule has 0 saturated carbocycles. The van der Waals surface area contributed by atoms with Crippen molar-refractivity contribution in [1.82, 2.24) is 0 Å². The molecule has 0 aliphatic carbocycles. The van der Waals surface area contributed by atoms with E-state index in [1.165, 1.54) is 18.4 Å². The maximum atomic E-state index is 12.7. The molecule has 0 bridgehead atoms. The van der Waals surface area contributed by atoms with Crippen LogP contribution in [0.5, 0.6) is 5.75 Å². The van der Waals surface area contributed by atoms with Crippen molar-refractivity contribution in [3.05, 3.63) is 23.8 Å². The number of thiol groups is 1. The Labute approximate surface area is 173 Å². The molecular weight excluding hydrogens is 378 g/mol. The van der Waals surface area contributed by atoms with Crippen LogP contribution in [0.3, 0.4) is 0 Å². The van der Waals surface area contributed by atoms with Gasteiger partial charge in [0, 0.05) is 16.9 Å². The van der Waals surface area contributed by atoms with Gasteiger partial charge in [-0.2, -0.15) is 24.4 Å². The lowest BCUT2D eigenvalue weighted by Gasteiger charge is -2.39. The summed E-state index contributed by atoms with van der Waals surface area (Å²) in [6, 6.07) is 5.79. The Morgan fingerprint density at radius 2 is 2.07 bits per heavy atom. The lowest BCUT2D eigenvalue weighted by molar-refractivity contribution is -0.145. The molecule has 1 unspecified atom stereocenters. The maximum absolute atomic E-state index is 12.7. The van der Waals surface area contributed by atoms with Crippen molar-refractivity contribution in [2.75, 3.05) is 30.5 Å². The zero-order chi connectivity index (χ0) is 19.6. The number of methoxy groups -OCH3 is 1. The Bertz CT molecular complexity index is 597. The third-order valence-corrected chi connectivity index (χ3v) is 6.78. The zero-order valence-electron chi connectivity index (χ0n) is 16.7. The van der Waals surface area contributed by atoms with E-state index in [4.69, 9.17) is 9.47 Å². The number of esters is 1. The molecule has 0 saturated heterocycles. The number of unbranched alkanes of at least 4 members (excludes halogenated alkanes) is 2. The number of ether oxygens (including phenoxy) is 2. The predicted molar refractivity (Wildman–Crippen MR) is 118 cm³/mol. The average Bonchev–Trinajstić information content (AvgIpc) is 2.68. The summed E-state index contributed by atoms with van der Waals surface area (Å²) in [5.74, 6) is 2.84. The van der Waals surface area contributed by atoms with Crippen molar-refractivity contribution >= 4 is 36.0 Å². The fraction of sp³-hybridized carbons (Fsp3) is 0.667. The van der Waals surface area contributed by atoms with Crippen LogP contribution in [0.4, 0.5) is 5.69 Å². The molecule has 6 heteroatoms. The molecule has 2 rings (SSSR count). The highest BCUT2D eigenvalue weighted by molar-refractivity contribution is 7.99. The minimum Gasteiger partial charge on any atom is -0.497 e. The molecule has 1 N–H and O–H groups in total. The Hall–Kier alpha value is -1.01. The quantitative estimate of drug-likeness (QED) is 0.292. The third-order valence-electron chi connectivity index (χ3n) is 4.97.